The van der Waals surface area contributed by atoms with E-state index < -0.39 is 0 Å². The standard InChI is InChI=1S/C15H20BrN3S/c1-18-10-5-6-11(18)9-19(8-7-10)13-4-2-3-12(16)14(13)15(17)20/h2-4,10-11H,5-9H2,1H3,(H2,17,20). The highest BCUT2D eigenvalue weighted by molar-refractivity contribution is 9.10. The van der Waals surface area contributed by atoms with E-state index in [1.807, 2.05) is 6.07 Å². The SMILES string of the molecule is CN1C2CCC1CN(c1cccc(Br)c1C(N)=S)CC2. The van der Waals surface area contributed by atoms with E-state index in [0.29, 0.717) is 11.0 Å². The van der Waals surface area contributed by atoms with Crippen molar-refractivity contribution in [2.45, 2.75) is 31.3 Å². The molecule has 0 aliphatic carbocycles. The average molecular weight is 354 g/mol. The molecule has 2 bridgehead atoms. The van der Waals surface area contributed by atoms with Gasteiger partial charge in [-0.05, 0) is 54.4 Å². The van der Waals surface area contributed by atoms with Crippen LogP contribution < -0.4 is 10.6 Å². The summed E-state index contributed by atoms with van der Waals surface area (Å²) in [6.07, 6.45) is 3.86. The van der Waals surface area contributed by atoms with Gasteiger partial charge >= 0.3 is 0 Å². The molecule has 0 spiro atoms. The van der Waals surface area contributed by atoms with Crippen molar-refractivity contribution >= 4 is 38.8 Å². The van der Waals surface area contributed by atoms with Crippen LogP contribution in [0.5, 0.6) is 0 Å². The first-order chi connectivity index (χ1) is 9.58. The maximum atomic E-state index is 5.93. The van der Waals surface area contributed by atoms with E-state index in [4.69, 9.17) is 18.0 Å². The first-order valence-electron chi connectivity index (χ1n) is 7.13. The normalized spacial score (nSPS) is 26.6. The lowest BCUT2D eigenvalue weighted by molar-refractivity contribution is 0.254. The average Bonchev–Trinajstić information content (AvgIpc) is 2.62. The summed E-state index contributed by atoms with van der Waals surface area (Å²) in [5.41, 5.74) is 8.08. The zero-order valence-electron chi connectivity index (χ0n) is 11.7. The van der Waals surface area contributed by atoms with Crippen LogP contribution in [0.15, 0.2) is 22.7 Å². The Balaban J connectivity index is 1.94. The smallest absolute Gasteiger partial charge is 0.107 e. The fraction of sp³-hybridized carbons (Fsp3) is 0.533. The summed E-state index contributed by atoms with van der Waals surface area (Å²) in [4.78, 5) is 5.48. The van der Waals surface area contributed by atoms with Crippen LogP contribution in [-0.4, -0.2) is 42.1 Å². The molecule has 0 amide bonds. The molecule has 0 radical (unpaired) electrons. The third kappa shape index (κ3) is 2.47. The zero-order valence-corrected chi connectivity index (χ0v) is 14.1. The van der Waals surface area contributed by atoms with Crippen LogP contribution in [0, 0.1) is 0 Å². The van der Waals surface area contributed by atoms with E-state index in [9.17, 15) is 0 Å². The molecule has 2 aliphatic heterocycles. The number of rotatable bonds is 2. The molecule has 2 unspecified atom stereocenters. The Morgan fingerprint density at radius 1 is 1.30 bits per heavy atom. The van der Waals surface area contributed by atoms with Crippen molar-refractivity contribution in [1.82, 2.24) is 4.90 Å². The molecule has 108 valence electrons. The molecule has 3 rings (SSSR count). The van der Waals surface area contributed by atoms with Crippen LogP contribution in [0.4, 0.5) is 5.69 Å². The highest BCUT2D eigenvalue weighted by atomic mass is 79.9. The van der Waals surface area contributed by atoms with E-state index in [0.717, 1.165) is 29.2 Å². The molecule has 1 aromatic carbocycles. The summed E-state index contributed by atoms with van der Waals surface area (Å²) in [5.74, 6) is 0. The summed E-state index contributed by atoms with van der Waals surface area (Å²) in [5, 5.41) is 0. The predicted octanol–water partition coefficient (Wildman–Crippen LogP) is 2.76. The first kappa shape index (κ1) is 14.3. The van der Waals surface area contributed by atoms with Gasteiger partial charge in [0.05, 0.1) is 0 Å². The minimum Gasteiger partial charge on any atom is -0.389 e. The monoisotopic (exact) mass is 353 g/mol. The number of nitrogens with zero attached hydrogens (tertiary/aromatic N) is 2. The number of thiocarbonyl (C=S) groups is 1. The minimum absolute atomic E-state index is 0.468. The number of fused-ring (bicyclic) bond motifs is 2. The van der Waals surface area contributed by atoms with Crippen molar-refractivity contribution in [3.8, 4) is 0 Å². The van der Waals surface area contributed by atoms with Gasteiger partial charge in [-0.3, -0.25) is 4.90 Å². The number of hydrogen-bond acceptors (Lipinski definition) is 3. The highest BCUT2D eigenvalue weighted by Crippen LogP contribution is 2.34. The molecule has 5 heteroatoms. The minimum atomic E-state index is 0.468. The molecule has 2 N–H and O–H groups in total. The quantitative estimate of drug-likeness (QED) is 0.828. The molecule has 2 fully saturated rings. The second-order valence-corrected chi connectivity index (χ2v) is 7.08. The maximum Gasteiger partial charge on any atom is 0.107 e. The number of anilines is 1. The largest absolute Gasteiger partial charge is 0.389 e. The fourth-order valence-electron chi connectivity index (χ4n) is 3.55. The molecular formula is C15H20BrN3S. The third-order valence-corrected chi connectivity index (χ3v) is 5.59. The van der Waals surface area contributed by atoms with Gasteiger partial charge < -0.3 is 10.6 Å². The number of benzene rings is 1. The Morgan fingerprint density at radius 3 is 2.80 bits per heavy atom. The second-order valence-electron chi connectivity index (χ2n) is 5.78. The Labute approximate surface area is 134 Å². The van der Waals surface area contributed by atoms with Crippen LogP contribution in [0.25, 0.3) is 0 Å². The van der Waals surface area contributed by atoms with Crippen LogP contribution in [0.1, 0.15) is 24.8 Å². The lowest BCUT2D eigenvalue weighted by atomic mass is 10.1. The fourth-order valence-corrected chi connectivity index (χ4v) is 4.46. The molecule has 2 saturated heterocycles. The van der Waals surface area contributed by atoms with Gasteiger partial charge in [-0.15, -0.1) is 0 Å². The second kappa shape index (κ2) is 5.62. The molecule has 1 aromatic rings. The van der Waals surface area contributed by atoms with E-state index >= 15 is 0 Å². The lowest BCUT2D eigenvalue weighted by Crippen LogP contribution is -2.37. The van der Waals surface area contributed by atoms with Crippen molar-refractivity contribution in [2.75, 3.05) is 25.0 Å². The summed E-state index contributed by atoms with van der Waals surface area (Å²) in [7, 11) is 2.27. The van der Waals surface area contributed by atoms with Crippen LogP contribution in [-0.2, 0) is 0 Å². The Kier molecular flexibility index (Phi) is 4.02. The van der Waals surface area contributed by atoms with Gasteiger partial charge in [0.15, 0.2) is 0 Å². The van der Waals surface area contributed by atoms with Crippen molar-refractivity contribution < 1.29 is 0 Å². The zero-order chi connectivity index (χ0) is 14.3. The maximum absolute atomic E-state index is 5.93. The van der Waals surface area contributed by atoms with E-state index in [2.05, 4.69) is 44.9 Å². The molecule has 0 aromatic heterocycles. The van der Waals surface area contributed by atoms with E-state index in [1.165, 1.54) is 24.9 Å². The first-order valence-corrected chi connectivity index (χ1v) is 8.33. The van der Waals surface area contributed by atoms with Crippen LogP contribution >= 0.6 is 28.1 Å². The Hall–Kier alpha value is -0.650. The van der Waals surface area contributed by atoms with Crippen molar-refractivity contribution in [1.29, 1.82) is 0 Å². The molecule has 20 heavy (non-hydrogen) atoms. The summed E-state index contributed by atoms with van der Waals surface area (Å²) in [6, 6.07) is 7.60. The third-order valence-electron chi connectivity index (χ3n) is 4.73. The molecule has 0 saturated carbocycles. The van der Waals surface area contributed by atoms with Gasteiger partial charge in [-0.2, -0.15) is 0 Å². The Morgan fingerprint density at radius 2 is 2.05 bits per heavy atom. The number of nitrogens with two attached hydrogens (primary N) is 1. The molecular weight excluding hydrogens is 334 g/mol. The van der Waals surface area contributed by atoms with Gasteiger partial charge in [-0.25, -0.2) is 0 Å². The molecule has 3 nitrogen and oxygen atoms in total. The molecule has 2 atom stereocenters. The van der Waals surface area contributed by atoms with Crippen LogP contribution in [0.3, 0.4) is 0 Å². The summed E-state index contributed by atoms with van der Waals surface area (Å²) >= 11 is 8.82. The van der Waals surface area contributed by atoms with Gasteiger partial charge in [0.1, 0.15) is 4.99 Å². The van der Waals surface area contributed by atoms with Crippen molar-refractivity contribution in [2.24, 2.45) is 5.73 Å². The van der Waals surface area contributed by atoms with Gasteiger partial charge in [0, 0.05) is 40.9 Å². The summed E-state index contributed by atoms with van der Waals surface area (Å²) in [6.45, 7) is 2.15. The number of likely N-dealkylation sites (N-methyl/N-ethyl adjacent to an activating group) is 1. The number of halogens is 1. The van der Waals surface area contributed by atoms with Crippen molar-refractivity contribution in [3.05, 3.63) is 28.2 Å². The molecule has 2 heterocycles. The Bertz CT molecular complexity index is 534. The van der Waals surface area contributed by atoms with Crippen LogP contribution in [0.2, 0.25) is 0 Å². The van der Waals surface area contributed by atoms with E-state index in [-0.39, 0.29) is 0 Å². The predicted molar refractivity (Wildman–Crippen MR) is 91.4 cm³/mol. The molecule has 2 aliphatic rings. The highest BCUT2D eigenvalue weighted by Gasteiger charge is 2.35. The van der Waals surface area contributed by atoms with Gasteiger partial charge in [0.25, 0.3) is 0 Å². The summed E-state index contributed by atoms with van der Waals surface area (Å²) < 4.78 is 0.991. The topological polar surface area (TPSA) is 32.5 Å². The van der Waals surface area contributed by atoms with Gasteiger partial charge in [0.2, 0.25) is 0 Å². The van der Waals surface area contributed by atoms with E-state index in [1.54, 1.807) is 0 Å². The van der Waals surface area contributed by atoms with Gasteiger partial charge in [-0.1, -0.05) is 18.3 Å². The number of hydrogen-bond donors (Lipinski definition) is 1. The lowest BCUT2D eigenvalue weighted by Gasteiger charge is -2.29. The van der Waals surface area contributed by atoms with Crippen molar-refractivity contribution in [3.63, 3.8) is 0 Å².